The first kappa shape index (κ1) is 20.4. The molecule has 7 nitrogen and oxygen atoms in total. The fourth-order valence-electron chi connectivity index (χ4n) is 2.77. The van der Waals surface area contributed by atoms with Gasteiger partial charge in [-0.2, -0.15) is 18.3 Å². The molecule has 0 aliphatic carbocycles. The maximum absolute atomic E-state index is 13.7. The first-order chi connectivity index (χ1) is 13.6. The van der Waals surface area contributed by atoms with Crippen LogP contribution in [0.1, 0.15) is 30.0 Å². The van der Waals surface area contributed by atoms with E-state index in [4.69, 9.17) is 9.47 Å². The van der Waals surface area contributed by atoms with Crippen LogP contribution in [-0.2, 0) is 6.18 Å². The quantitative estimate of drug-likeness (QED) is 0.698. The van der Waals surface area contributed by atoms with E-state index >= 15 is 0 Å². The molecular weight excluding hydrogens is 389 g/mol. The van der Waals surface area contributed by atoms with Crippen LogP contribution in [0.5, 0.6) is 11.5 Å². The van der Waals surface area contributed by atoms with Gasteiger partial charge in [0.2, 0.25) is 0 Å². The molecule has 2 heterocycles. The third kappa shape index (κ3) is 4.10. The average Bonchev–Trinajstić information content (AvgIpc) is 3.09. The number of hydrogen-bond acceptors (Lipinski definition) is 5. The van der Waals surface area contributed by atoms with Crippen LogP contribution in [0.3, 0.4) is 0 Å². The minimum atomic E-state index is -4.70. The van der Waals surface area contributed by atoms with Gasteiger partial charge in [-0.1, -0.05) is 0 Å². The predicted molar refractivity (Wildman–Crippen MR) is 99.1 cm³/mol. The molecule has 1 amide bonds. The van der Waals surface area contributed by atoms with E-state index in [0.29, 0.717) is 21.6 Å². The van der Waals surface area contributed by atoms with Gasteiger partial charge in [0.25, 0.3) is 5.91 Å². The fraction of sp³-hybridized carbons (Fsp3) is 0.316. The van der Waals surface area contributed by atoms with Gasteiger partial charge in [0, 0.05) is 17.7 Å². The van der Waals surface area contributed by atoms with Crippen LogP contribution in [0, 0.1) is 0 Å². The Morgan fingerprint density at radius 1 is 1.10 bits per heavy atom. The summed E-state index contributed by atoms with van der Waals surface area (Å²) < 4.78 is 52.0. The van der Waals surface area contributed by atoms with E-state index < -0.39 is 17.8 Å². The van der Waals surface area contributed by atoms with Crippen LogP contribution in [0.25, 0.3) is 16.9 Å². The second-order valence-corrected chi connectivity index (χ2v) is 6.52. The number of methoxy groups -OCH3 is 2. The standard InChI is InChI=1S/C19H19F3N4O3/c1-10(2)23-18(27)13-9-17-24-12(8-16(19(20,21)22)26(17)25-13)11-5-6-14(28-3)15(7-11)29-4/h5-10H,1-4H3,(H,23,27). The summed E-state index contributed by atoms with van der Waals surface area (Å²) in [6.45, 7) is 3.48. The minimum absolute atomic E-state index is 0.0569. The third-order valence-electron chi connectivity index (χ3n) is 4.05. The fourth-order valence-corrected chi connectivity index (χ4v) is 2.77. The van der Waals surface area contributed by atoms with Gasteiger partial charge >= 0.3 is 6.18 Å². The monoisotopic (exact) mass is 408 g/mol. The molecule has 29 heavy (non-hydrogen) atoms. The molecule has 0 saturated heterocycles. The number of halogens is 3. The molecule has 0 spiro atoms. The van der Waals surface area contributed by atoms with E-state index in [9.17, 15) is 18.0 Å². The van der Waals surface area contributed by atoms with Gasteiger partial charge in [0.05, 0.1) is 19.9 Å². The summed E-state index contributed by atoms with van der Waals surface area (Å²) in [5.74, 6) is 0.211. The van der Waals surface area contributed by atoms with Crippen molar-refractivity contribution in [1.82, 2.24) is 19.9 Å². The molecule has 3 rings (SSSR count). The van der Waals surface area contributed by atoms with Crippen molar-refractivity contribution in [3.05, 3.63) is 41.7 Å². The number of hydrogen-bond donors (Lipinski definition) is 1. The van der Waals surface area contributed by atoms with Crippen LogP contribution < -0.4 is 14.8 Å². The van der Waals surface area contributed by atoms with Gasteiger partial charge in [-0.15, -0.1) is 0 Å². The summed E-state index contributed by atoms with van der Waals surface area (Å²) in [6, 6.07) is 6.59. The molecule has 1 N–H and O–H groups in total. The van der Waals surface area contributed by atoms with Crippen molar-refractivity contribution < 1.29 is 27.4 Å². The lowest BCUT2D eigenvalue weighted by Crippen LogP contribution is -2.30. The van der Waals surface area contributed by atoms with Crippen LogP contribution in [0.2, 0.25) is 0 Å². The van der Waals surface area contributed by atoms with Gasteiger partial charge < -0.3 is 14.8 Å². The molecular formula is C19H19F3N4O3. The number of fused-ring (bicyclic) bond motifs is 1. The van der Waals surface area contributed by atoms with Gasteiger partial charge in [-0.3, -0.25) is 4.79 Å². The second-order valence-electron chi connectivity index (χ2n) is 6.52. The van der Waals surface area contributed by atoms with Crippen molar-refractivity contribution in [3.63, 3.8) is 0 Å². The summed E-state index contributed by atoms with van der Waals surface area (Å²) in [4.78, 5) is 16.4. The Labute approximate surface area is 164 Å². The number of nitrogens with zero attached hydrogens (tertiary/aromatic N) is 3. The molecule has 10 heteroatoms. The highest BCUT2D eigenvalue weighted by Gasteiger charge is 2.35. The van der Waals surface area contributed by atoms with Crippen molar-refractivity contribution in [3.8, 4) is 22.8 Å². The zero-order valence-electron chi connectivity index (χ0n) is 16.2. The second kappa shape index (κ2) is 7.61. The molecule has 0 aliphatic rings. The number of aromatic nitrogens is 3. The summed E-state index contributed by atoms with van der Waals surface area (Å²) in [5, 5.41) is 6.40. The third-order valence-corrected chi connectivity index (χ3v) is 4.05. The number of nitrogens with one attached hydrogen (secondary N) is 1. The van der Waals surface area contributed by atoms with Crippen LogP contribution in [-0.4, -0.2) is 40.8 Å². The number of alkyl halides is 3. The zero-order valence-corrected chi connectivity index (χ0v) is 16.2. The average molecular weight is 408 g/mol. The van der Waals surface area contributed by atoms with E-state index in [0.717, 1.165) is 6.07 Å². The van der Waals surface area contributed by atoms with Crippen molar-refractivity contribution in [1.29, 1.82) is 0 Å². The Morgan fingerprint density at radius 2 is 1.79 bits per heavy atom. The van der Waals surface area contributed by atoms with Crippen LogP contribution in [0.15, 0.2) is 30.3 Å². The molecule has 154 valence electrons. The van der Waals surface area contributed by atoms with Crippen molar-refractivity contribution in [2.45, 2.75) is 26.1 Å². The first-order valence-electron chi connectivity index (χ1n) is 8.65. The van der Waals surface area contributed by atoms with Crippen molar-refractivity contribution in [2.24, 2.45) is 0 Å². The Bertz CT molecular complexity index is 1060. The highest BCUT2D eigenvalue weighted by atomic mass is 19.4. The molecule has 0 unspecified atom stereocenters. The lowest BCUT2D eigenvalue weighted by molar-refractivity contribution is -0.142. The van der Waals surface area contributed by atoms with Gasteiger partial charge in [-0.25, -0.2) is 9.50 Å². The summed E-state index contributed by atoms with van der Waals surface area (Å²) >= 11 is 0. The molecule has 0 aliphatic heterocycles. The van der Waals surface area contributed by atoms with Crippen LogP contribution in [0.4, 0.5) is 13.2 Å². The van der Waals surface area contributed by atoms with Crippen molar-refractivity contribution in [2.75, 3.05) is 14.2 Å². The number of ether oxygens (including phenoxy) is 2. The van der Waals surface area contributed by atoms with Gasteiger partial charge in [0.1, 0.15) is 0 Å². The van der Waals surface area contributed by atoms with E-state index in [1.807, 2.05) is 0 Å². The Hall–Kier alpha value is -3.30. The van der Waals surface area contributed by atoms with E-state index in [1.54, 1.807) is 26.0 Å². The zero-order chi connectivity index (χ0) is 21.3. The summed E-state index contributed by atoms with van der Waals surface area (Å²) in [6.07, 6.45) is -4.70. The molecule has 0 fully saturated rings. The summed E-state index contributed by atoms with van der Waals surface area (Å²) in [5.41, 5.74) is -0.845. The maximum atomic E-state index is 13.7. The van der Waals surface area contributed by atoms with Crippen molar-refractivity contribution >= 4 is 11.6 Å². The Kier molecular flexibility index (Phi) is 5.36. The van der Waals surface area contributed by atoms with Gasteiger partial charge in [0.15, 0.2) is 28.5 Å². The molecule has 1 aromatic carbocycles. The lowest BCUT2D eigenvalue weighted by Gasteiger charge is -2.12. The number of benzene rings is 1. The number of carbonyl (C=O) groups is 1. The van der Waals surface area contributed by atoms with E-state index in [-0.39, 0.29) is 23.1 Å². The maximum Gasteiger partial charge on any atom is 0.433 e. The Morgan fingerprint density at radius 3 is 2.38 bits per heavy atom. The normalized spacial score (nSPS) is 11.7. The minimum Gasteiger partial charge on any atom is -0.493 e. The SMILES string of the molecule is COc1ccc(-c2cc(C(F)(F)F)n3nc(C(=O)NC(C)C)cc3n2)cc1OC. The number of rotatable bonds is 5. The van der Waals surface area contributed by atoms with E-state index in [2.05, 4.69) is 15.4 Å². The Balaban J connectivity index is 2.18. The largest absolute Gasteiger partial charge is 0.493 e. The molecule has 2 aromatic heterocycles. The smallest absolute Gasteiger partial charge is 0.433 e. The summed E-state index contributed by atoms with van der Waals surface area (Å²) in [7, 11) is 2.88. The van der Waals surface area contributed by atoms with Crippen LogP contribution >= 0.6 is 0 Å². The molecule has 0 saturated carbocycles. The van der Waals surface area contributed by atoms with Gasteiger partial charge in [-0.05, 0) is 38.1 Å². The highest BCUT2D eigenvalue weighted by molar-refractivity contribution is 5.93. The molecule has 0 atom stereocenters. The predicted octanol–water partition coefficient (Wildman–Crippen LogP) is 3.57. The molecule has 0 radical (unpaired) electrons. The highest BCUT2D eigenvalue weighted by Crippen LogP contribution is 2.35. The first-order valence-corrected chi connectivity index (χ1v) is 8.65. The molecule has 3 aromatic rings. The number of carbonyl (C=O) groups excluding carboxylic acids is 1. The lowest BCUT2D eigenvalue weighted by atomic mass is 10.1. The molecule has 0 bridgehead atoms. The number of amides is 1. The topological polar surface area (TPSA) is 77.8 Å². The van der Waals surface area contributed by atoms with E-state index in [1.165, 1.54) is 26.4 Å².